The minimum Gasteiger partial charge on any atom is -0.466 e. The van der Waals surface area contributed by atoms with Gasteiger partial charge in [-0.1, -0.05) is 13.8 Å². The molecule has 6 nitrogen and oxygen atoms in total. The first kappa shape index (κ1) is 13.4. The van der Waals surface area contributed by atoms with E-state index in [-0.39, 0.29) is 6.61 Å². The van der Waals surface area contributed by atoms with Crippen molar-refractivity contribution in [3.8, 4) is 0 Å². The van der Waals surface area contributed by atoms with Crippen LogP contribution in [0.25, 0.3) is 0 Å². The van der Waals surface area contributed by atoms with Gasteiger partial charge in [0.1, 0.15) is 0 Å². The molecule has 1 saturated carbocycles. The highest BCUT2D eigenvalue weighted by atomic mass is 32.2. The Hall–Kier alpha value is -0.660. The van der Waals surface area contributed by atoms with Crippen LogP contribution in [0.1, 0.15) is 20.8 Å². The van der Waals surface area contributed by atoms with E-state index in [1.807, 2.05) is 0 Å². The average Bonchev–Trinajstić information content (AvgIpc) is 2.66. The molecule has 1 fully saturated rings. The fourth-order valence-electron chi connectivity index (χ4n) is 2.08. The zero-order valence-corrected chi connectivity index (χ0v) is 10.2. The number of carbonyl (C=O) groups excluding carboxylic acids is 1. The van der Waals surface area contributed by atoms with E-state index in [0.717, 1.165) is 0 Å². The molecule has 1 aliphatic carbocycles. The number of esters is 1. The van der Waals surface area contributed by atoms with Gasteiger partial charge in [-0.2, -0.15) is 8.42 Å². The van der Waals surface area contributed by atoms with E-state index in [2.05, 4.69) is 0 Å². The summed E-state index contributed by atoms with van der Waals surface area (Å²) < 4.78 is 35.1. The summed E-state index contributed by atoms with van der Waals surface area (Å²) in [4.78, 5) is 11.5. The molecule has 7 heteroatoms. The smallest absolute Gasteiger partial charge is 0.309 e. The highest BCUT2D eigenvalue weighted by Gasteiger charge is 2.67. The molecule has 0 amide bonds. The fraction of sp³-hybridized carbons (Fsp3) is 0.889. The summed E-state index contributed by atoms with van der Waals surface area (Å²) in [5.41, 5.74) is -2.61. The largest absolute Gasteiger partial charge is 0.466 e. The molecule has 0 aromatic carbocycles. The van der Waals surface area contributed by atoms with Crippen LogP contribution < -0.4 is 0 Å². The third kappa shape index (κ3) is 2.21. The number of ether oxygens (including phenoxy) is 1. The normalized spacial score (nSPS) is 29.6. The molecule has 3 atom stereocenters. The first-order valence-corrected chi connectivity index (χ1v) is 6.45. The molecule has 0 radical (unpaired) electrons. The summed E-state index contributed by atoms with van der Waals surface area (Å²) in [5, 5.41) is 9.40. The zero-order valence-electron chi connectivity index (χ0n) is 9.37. The van der Waals surface area contributed by atoms with Gasteiger partial charge in [0.05, 0.1) is 12.5 Å². The Labute approximate surface area is 94.4 Å². The molecule has 1 rings (SSSR count). The maximum absolute atomic E-state index is 11.5. The molecule has 0 saturated heterocycles. The van der Waals surface area contributed by atoms with Gasteiger partial charge >= 0.3 is 5.97 Å². The van der Waals surface area contributed by atoms with Gasteiger partial charge < -0.3 is 9.84 Å². The average molecular weight is 252 g/mol. The van der Waals surface area contributed by atoms with E-state index in [1.165, 1.54) is 0 Å². The minimum absolute atomic E-state index is 0.195. The maximum atomic E-state index is 11.5. The molecular formula is C9H16O6S. The number of hydrogen-bond donors (Lipinski definition) is 2. The lowest BCUT2D eigenvalue weighted by molar-refractivity contribution is -0.145. The van der Waals surface area contributed by atoms with E-state index in [0.29, 0.717) is 0 Å². The van der Waals surface area contributed by atoms with Crippen LogP contribution >= 0.6 is 0 Å². The van der Waals surface area contributed by atoms with Crippen LogP contribution in [0.15, 0.2) is 0 Å². The predicted molar refractivity (Wildman–Crippen MR) is 54.9 cm³/mol. The van der Waals surface area contributed by atoms with Crippen LogP contribution in [0, 0.1) is 17.3 Å². The topological polar surface area (TPSA) is 101 Å². The van der Waals surface area contributed by atoms with Crippen molar-refractivity contribution in [3.63, 3.8) is 0 Å². The fourth-order valence-corrected chi connectivity index (χ4v) is 2.96. The summed E-state index contributed by atoms with van der Waals surface area (Å²) in [7, 11) is -4.54. The monoisotopic (exact) mass is 252 g/mol. The maximum Gasteiger partial charge on any atom is 0.309 e. The molecular weight excluding hydrogens is 236 g/mol. The van der Waals surface area contributed by atoms with Crippen molar-refractivity contribution in [2.75, 3.05) is 6.61 Å². The van der Waals surface area contributed by atoms with Crippen molar-refractivity contribution in [1.82, 2.24) is 0 Å². The van der Waals surface area contributed by atoms with E-state index in [4.69, 9.17) is 9.29 Å². The van der Waals surface area contributed by atoms with Crippen molar-refractivity contribution in [3.05, 3.63) is 0 Å². The second-order valence-corrected chi connectivity index (χ2v) is 6.00. The Kier molecular flexibility index (Phi) is 3.33. The molecule has 0 aromatic heterocycles. The lowest BCUT2D eigenvalue weighted by atomic mass is 10.1. The van der Waals surface area contributed by atoms with Gasteiger partial charge in [-0.05, 0) is 12.3 Å². The van der Waals surface area contributed by atoms with Crippen LogP contribution in [0.5, 0.6) is 0 Å². The van der Waals surface area contributed by atoms with Crippen LogP contribution in [-0.2, 0) is 19.6 Å². The third-order valence-electron chi connectivity index (χ3n) is 3.06. The molecule has 94 valence electrons. The number of rotatable bonds is 4. The van der Waals surface area contributed by atoms with Gasteiger partial charge in [-0.15, -0.1) is 0 Å². The van der Waals surface area contributed by atoms with Crippen molar-refractivity contribution >= 4 is 16.1 Å². The summed E-state index contributed by atoms with van der Waals surface area (Å²) in [5.74, 6) is -2.05. The third-order valence-corrected chi connectivity index (χ3v) is 3.97. The summed E-state index contributed by atoms with van der Waals surface area (Å²) in [6.45, 7) is 5.13. The van der Waals surface area contributed by atoms with Crippen LogP contribution in [0.4, 0.5) is 0 Å². The number of aliphatic hydroxyl groups is 1. The molecule has 1 unspecified atom stereocenters. The lowest BCUT2D eigenvalue weighted by Gasteiger charge is -2.07. The number of hydrogen-bond acceptors (Lipinski definition) is 5. The first-order valence-electron chi connectivity index (χ1n) is 4.95. The molecule has 0 heterocycles. The molecule has 0 bridgehead atoms. The van der Waals surface area contributed by atoms with E-state index in [9.17, 15) is 18.3 Å². The standard InChI is InChI=1S/C9H16O6S/c1-4-15-7(10)5-6(9(5,2)3)8(11)16(12,13)14/h5-6,8,11H,4H2,1-3H3,(H,12,13,14)/t5-,6-,8?/m0/s1. The van der Waals surface area contributed by atoms with E-state index < -0.39 is 38.8 Å². The quantitative estimate of drug-likeness (QED) is 0.540. The van der Waals surface area contributed by atoms with Gasteiger partial charge in [0.15, 0.2) is 5.44 Å². The number of aliphatic hydroxyl groups excluding tert-OH is 1. The SMILES string of the molecule is CCOC(=O)[C@@H]1[C@@H](C(O)S(=O)(=O)O)C1(C)C. The Morgan fingerprint density at radius 2 is 2.00 bits per heavy atom. The van der Waals surface area contributed by atoms with Crippen molar-refractivity contribution in [1.29, 1.82) is 0 Å². The van der Waals surface area contributed by atoms with Crippen molar-refractivity contribution in [2.24, 2.45) is 17.3 Å². The van der Waals surface area contributed by atoms with Gasteiger partial charge in [0.25, 0.3) is 10.1 Å². The summed E-state index contributed by atoms with van der Waals surface area (Å²) in [6.07, 6.45) is 0. The molecule has 16 heavy (non-hydrogen) atoms. The predicted octanol–water partition coefficient (Wildman–Crippen LogP) is 0.0279. The summed E-state index contributed by atoms with van der Waals surface area (Å²) >= 11 is 0. The summed E-state index contributed by atoms with van der Waals surface area (Å²) in [6, 6.07) is 0. The van der Waals surface area contributed by atoms with Crippen molar-refractivity contribution in [2.45, 2.75) is 26.2 Å². The van der Waals surface area contributed by atoms with Crippen LogP contribution in [0.3, 0.4) is 0 Å². The van der Waals surface area contributed by atoms with E-state index >= 15 is 0 Å². The second-order valence-electron chi connectivity index (χ2n) is 4.48. The Morgan fingerprint density at radius 1 is 1.50 bits per heavy atom. The molecule has 1 aliphatic rings. The highest BCUT2D eigenvalue weighted by Crippen LogP contribution is 2.61. The van der Waals surface area contributed by atoms with Crippen LogP contribution in [-0.4, -0.2) is 36.1 Å². The van der Waals surface area contributed by atoms with Crippen LogP contribution in [0.2, 0.25) is 0 Å². The van der Waals surface area contributed by atoms with Gasteiger partial charge in [-0.25, -0.2) is 0 Å². The minimum atomic E-state index is -4.54. The second kappa shape index (κ2) is 3.97. The van der Waals surface area contributed by atoms with Gasteiger partial charge in [0.2, 0.25) is 0 Å². The van der Waals surface area contributed by atoms with Crippen molar-refractivity contribution < 1.29 is 27.6 Å². The molecule has 2 N–H and O–H groups in total. The zero-order chi connectivity index (χ0) is 12.7. The first-order chi connectivity index (χ1) is 7.14. The highest BCUT2D eigenvalue weighted by molar-refractivity contribution is 7.86. The Bertz CT molecular complexity index is 385. The molecule has 0 aromatic rings. The Balaban J connectivity index is 2.83. The van der Waals surface area contributed by atoms with Gasteiger partial charge in [-0.3, -0.25) is 9.35 Å². The lowest BCUT2D eigenvalue weighted by Crippen LogP contribution is -2.25. The Morgan fingerprint density at radius 3 is 2.38 bits per heavy atom. The van der Waals surface area contributed by atoms with E-state index in [1.54, 1.807) is 20.8 Å². The number of carbonyl (C=O) groups is 1. The molecule has 0 spiro atoms. The molecule has 0 aliphatic heterocycles. The van der Waals surface area contributed by atoms with Gasteiger partial charge in [0, 0.05) is 5.92 Å².